The number of nitro groups is 1. The van der Waals surface area contributed by atoms with Crippen molar-refractivity contribution in [1.29, 1.82) is 0 Å². The quantitative estimate of drug-likeness (QED) is 0.668. The SMILES string of the molecule is CC(C)CC(C)NC(=O)c1cc(F)c([N+](=O)[O-])cc1F. The topological polar surface area (TPSA) is 72.2 Å². The number of amides is 1. The van der Waals surface area contributed by atoms with Gasteiger partial charge in [0.1, 0.15) is 5.82 Å². The molecule has 7 heteroatoms. The number of benzene rings is 1. The fraction of sp³-hybridized carbons (Fsp3) is 0.462. The molecule has 0 aliphatic carbocycles. The Hall–Kier alpha value is -2.05. The van der Waals surface area contributed by atoms with Crippen LogP contribution in [-0.2, 0) is 0 Å². The largest absolute Gasteiger partial charge is 0.349 e. The van der Waals surface area contributed by atoms with Crippen LogP contribution in [0.1, 0.15) is 37.6 Å². The van der Waals surface area contributed by atoms with E-state index in [2.05, 4.69) is 5.32 Å². The van der Waals surface area contributed by atoms with E-state index in [9.17, 15) is 23.7 Å². The van der Waals surface area contributed by atoms with Crippen molar-refractivity contribution in [2.75, 3.05) is 0 Å². The standard InChI is InChI=1S/C13H16F2N2O3/c1-7(2)4-8(3)16-13(18)9-5-11(15)12(17(19)20)6-10(9)14/h5-8H,4H2,1-3H3,(H,16,18). The molecule has 1 N–H and O–H groups in total. The van der Waals surface area contributed by atoms with Gasteiger partial charge in [0.25, 0.3) is 5.91 Å². The van der Waals surface area contributed by atoms with Crippen molar-refractivity contribution >= 4 is 11.6 Å². The second kappa shape index (κ2) is 6.40. The van der Waals surface area contributed by atoms with Crippen LogP contribution in [0.2, 0.25) is 0 Å². The highest BCUT2D eigenvalue weighted by Gasteiger charge is 2.22. The minimum absolute atomic E-state index is 0.208. The number of nitrogens with one attached hydrogen (secondary N) is 1. The van der Waals surface area contributed by atoms with Gasteiger partial charge in [-0.2, -0.15) is 4.39 Å². The molecule has 1 aromatic carbocycles. The monoisotopic (exact) mass is 286 g/mol. The summed E-state index contributed by atoms with van der Waals surface area (Å²) in [7, 11) is 0. The van der Waals surface area contributed by atoms with Crippen LogP contribution >= 0.6 is 0 Å². The molecule has 0 aliphatic rings. The molecule has 20 heavy (non-hydrogen) atoms. The lowest BCUT2D eigenvalue weighted by atomic mass is 10.0. The fourth-order valence-corrected chi connectivity index (χ4v) is 1.92. The molecule has 1 amide bonds. The van der Waals surface area contributed by atoms with Crippen LogP contribution in [0.3, 0.4) is 0 Å². The third-order valence-corrected chi connectivity index (χ3v) is 2.68. The van der Waals surface area contributed by atoms with E-state index < -0.39 is 33.7 Å². The predicted molar refractivity (Wildman–Crippen MR) is 69.4 cm³/mol. The minimum Gasteiger partial charge on any atom is -0.349 e. The second-order valence-corrected chi connectivity index (χ2v) is 5.04. The molecule has 1 atom stereocenters. The minimum atomic E-state index is -1.24. The Bertz CT molecular complexity index is 533. The lowest BCUT2D eigenvalue weighted by molar-refractivity contribution is -0.387. The zero-order valence-electron chi connectivity index (χ0n) is 11.4. The fourth-order valence-electron chi connectivity index (χ4n) is 1.92. The summed E-state index contributed by atoms with van der Waals surface area (Å²) in [6, 6.07) is 0.752. The first-order chi connectivity index (χ1) is 9.22. The molecule has 0 aliphatic heterocycles. The number of nitrogens with zero attached hydrogens (tertiary/aromatic N) is 1. The van der Waals surface area contributed by atoms with Crippen LogP contribution in [-0.4, -0.2) is 16.9 Å². The van der Waals surface area contributed by atoms with E-state index in [1.54, 1.807) is 6.92 Å². The smallest absolute Gasteiger partial charge is 0.307 e. The van der Waals surface area contributed by atoms with Crippen LogP contribution in [0.5, 0.6) is 0 Å². The van der Waals surface area contributed by atoms with Gasteiger partial charge in [-0.1, -0.05) is 13.8 Å². The summed E-state index contributed by atoms with van der Waals surface area (Å²) in [5, 5.41) is 13.0. The molecule has 1 unspecified atom stereocenters. The molecule has 0 fully saturated rings. The molecular formula is C13H16F2N2O3. The van der Waals surface area contributed by atoms with E-state index in [0.717, 1.165) is 0 Å². The Morgan fingerprint density at radius 2 is 1.90 bits per heavy atom. The number of carbonyl (C=O) groups excluding carboxylic acids is 1. The molecule has 0 spiro atoms. The van der Waals surface area contributed by atoms with E-state index in [1.165, 1.54) is 0 Å². The van der Waals surface area contributed by atoms with Crippen LogP contribution in [0.4, 0.5) is 14.5 Å². The molecule has 5 nitrogen and oxygen atoms in total. The van der Waals surface area contributed by atoms with Gasteiger partial charge in [0.15, 0.2) is 0 Å². The summed E-state index contributed by atoms with van der Waals surface area (Å²) in [5.74, 6) is -2.81. The Labute approximate surface area is 115 Å². The molecule has 0 bridgehead atoms. The maximum atomic E-state index is 13.6. The lowest BCUT2D eigenvalue weighted by Gasteiger charge is -2.16. The average Bonchev–Trinajstić information content (AvgIpc) is 2.29. The van der Waals surface area contributed by atoms with Crippen LogP contribution in [0.15, 0.2) is 12.1 Å². The summed E-state index contributed by atoms with van der Waals surface area (Å²) in [5.41, 5.74) is -1.53. The first kappa shape index (κ1) is 16.0. The number of rotatable bonds is 5. The maximum Gasteiger partial charge on any atom is 0.307 e. The Morgan fingerprint density at radius 1 is 1.30 bits per heavy atom. The van der Waals surface area contributed by atoms with Crippen LogP contribution in [0, 0.1) is 27.7 Å². The van der Waals surface area contributed by atoms with Crippen molar-refractivity contribution in [3.8, 4) is 0 Å². The molecule has 110 valence electrons. The number of hydrogen-bond acceptors (Lipinski definition) is 3. The third-order valence-electron chi connectivity index (χ3n) is 2.68. The van der Waals surface area contributed by atoms with E-state index in [4.69, 9.17) is 0 Å². The molecule has 0 saturated carbocycles. The van der Waals surface area contributed by atoms with E-state index in [1.807, 2.05) is 13.8 Å². The number of hydrogen-bond donors (Lipinski definition) is 1. The molecule has 0 saturated heterocycles. The summed E-state index contributed by atoms with van der Waals surface area (Å²) < 4.78 is 27.0. The van der Waals surface area contributed by atoms with Gasteiger partial charge in [0, 0.05) is 6.04 Å². The summed E-state index contributed by atoms with van der Waals surface area (Å²) >= 11 is 0. The van der Waals surface area contributed by atoms with Gasteiger partial charge in [-0.15, -0.1) is 0 Å². The molecule has 1 rings (SSSR count). The number of nitro benzene ring substituents is 1. The van der Waals surface area contributed by atoms with Crippen molar-refractivity contribution in [1.82, 2.24) is 5.32 Å². The maximum absolute atomic E-state index is 13.6. The first-order valence-electron chi connectivity index (χ1n) is 6.16. The highest BCUT2D eigenvalue weighted by molar-refractivity contribution is 5.94. The number of carbonyl (C=O) groups is 1. The van der Waals surface area contributed by atoms with Gasteiger partial charge in [0.2, 0.25) is 5.82 Å². The number of halogens is 2. The van der Waals surface area contributed by atoms with Gasteiger partial charge in [-0.3, -0.25) is 14.9 Å². The highest BCUT2D eigenvalue weighted by Crippen LogP contribution is 2.21. The predicted octanol–water partition coefficient (Wildman–Crippen LogP) is 3.04. The zero-order chi connectivity index (χ0) is 15.4. The van der Waals surface area contributed by atoms with Crippen molar-refractivity contribution in [2.45, 2.75) is 33.2 Å². The van der Waals surface area contributed by atoms with Crippen molar-refractivity contribution in [2.24, 2.45) is 5.92 Å². The second-order valence-electron chi connectivity index (χ2n) is 5.04. The molecule has 0 heterocycles. The Morgan fingerprint density at radius 3 is 2.40 bits per heavy atom. The van der Waals surface area contributed by atoms with Crippen LogP contribution < -0.4 is 5.32 Å². The van der Waals surface area contributed by atoms with Gasteiger partial charge < -0.3 is 5.32 Å². The van der Waals surface area contributed by atoms with E-state index in [-0.39, 0.29) is 6.04 Å². The Balaban J connectivity index is 2.94. The van der Waals surface area contributed by atoms with Crippen molar-refractivity contribution in [3.05, 3.63) is 39.4 Å². The zero-order valence-corrected chi connectivity index (χ0v) is 11.4. The summed E-state index contributed by atoms with van der Waals surface area (Å²) in [4.78, 5) is 21.2. The Kier molecular flexibility index (Phi) is 5.12. The van der Waals surface area contributed by atoms with Gasteiger partial charge in [0.05, 0.1) is 16.6 Å². The van der Waals surface area contributed by atoms with Gasteiger partial charge >= 0.3 is 5.69 Å². The van der Waals surface area contributed by atoms with Gasteiger partial charge in [-0.05, 0) is 25.3 Å². The molecule has 0 aromatic heterocycles. The van der Waals surface area contributed by atoms with E-state index >= 15 is 0 Å². The normalized spacial score (nSPS) is 12.3. The molecular weight excluding hydrogens is 270 g/mol. The molecule has 0 radical (unpaired) electrons. The molecule has 1 aromatic rings. The highest BCUT2D eigenvalue weighted by atomic mass is 19.1. The van der Waals surface area contributed by atoms with Crippen LogP contribution in [0.25, 0.3) is 0 Å². The first-order valence-corrected chi connectivity index (χ1v) is 6.16. The third kappa shape index (κ3) is 3.97. The average molecular weight is 286 g/mol. The van der Waals surface area contributed by atoms with E-state index in [0.29, 0.717) is 24.5 Å². The van der Waals surface area contributed by atoms with Crippen molar-refractivity contribution < 1.29 is 18.5 Å². The van der Waals surface area contributed by atoms with Crippen molar-refractivity contribution in [3.63, 3.8) is 0 Å². The summed E-state index contributed by atoms with van der Waals surface area (Å²) in [6.45, 7) is 5.68. The lowest BCUT2D eigenvalue weighted by Crippen LogP contribution is -2.34. The summed E-state index contributed by atoms with van der Waals surface area (Å²) in [6.07, 6.45) is 0.683. The van der Waals surface area contributed by atoms with Gasteiger partial charge in [-0.25, -0.2) is 4.39 Å².